The van der Waals surface area contributed by atoms with Crippen molar-refractivity contribution < 1.29 is 4.48 Å². The molecule has 0 radical (unpaired) electrons. The molecule has 0 saturated heterocycles. The third-order valence-electron chi connectivity index (χ3n) is 5.09. The van der Waals surface area contributed by atoms with E-state index in [0.29, 0.717) is 0 Å². The lowest BCUT2D eigenvalue weighted by atomic mass is 10.1. The molecule has 26 heavy (non-hydrogen) atoms. The molecule has 4 nitrogen and oxygen atoms in total. The van der Waals surface area contributed by atoms with Crippen molar-refractivity contribution in [1.82, 2.24) is 14.5 Å². The van der Waals surface area contributed by atoms with E-state index in [0.717, 1.165) is 39.8 Å². The van der Waals surface area contributed by atoms with Gasteiger partial charge in [0.2, 0.25) is 0 Å². The first-order valence-electron chi connectivity index (χ1n) is 8.91. The van der Waals surface area contributed by atoms with Gasteiger partial charge in [-0.1, -0.05) is 18.2 Å². The van der Waals surface area contributed by atoms with E-state index in [1.807, 2.05) is 0 Å². The second-order valence-electron chi connectivity index (χ2n) is 8.08. The van der Waals surface area contributed by atoms with Crippen molar-refractivity contribution in [3.05, 3.63) is 45.0 Å². The van der Waals surface area contributed by atoms with Crippen molar-refractivity contribution in [1.29, 1.82) is 0 Å². The standard InChI is InChI=1S/C21H24IN4/c1-13-12-16-20(18(22)14(13)2)24-19-15-8-6-7-9-17(15)25(21(19)23-16)10-11-26(3,4)5/h6-9,12H,10-11H2,1-5H3/q+1. The average molecular weight is 459 g/mol. The zero-order valence-electron chi connectivity index (χ0n) is 16.0. The number of aromatic nitrogens is 3. The smallest absolute Gasteiger partial charge is 0.160 e. The quantitative estimate of drug-likeness (QED) is 0.330. The van der Waals surface area contributed by atoms with Crippen molar-refractivity contribution >= 4 is 55.7 Å². The van der Waals surface area contributed by atoms with Crippen LogP contribution in [0.5, 0.6) is 0 Å². The summed E-state index contributed by atoms with van der Waals surface area (Å²) in [7, 11) is 6.68. The van der Waals surface area contributed by atoms with Crippen LogP contribution in [0.3, 0.4) is 0 Å². The van der Waals surface area contributed by atoms with Crippen LogP contribution in [-0.4, -0.2) is 46.7 Å². The lowest BCUT2D eigenvalue weighted by Gasteiger charge is -2.24. The maximum Gasteiger partial charge on any atom is 0.160 e. The number of nitrogens with zero attached hydrogens (tertiary/aromatic N) is 4. The highest BCUT2D eigenvalue weighted by atomic mass is 127. The summed E-state index contributed by atoms with van der Waals surface area (Å²) < 4.78 is 4.46. The summed E-state index contributed by atoms with van der Waals surface area (Å²) in [4.78, 5) is 10.1. The van der Waals surface area contributed by atoms with E-state index in [1.165, 1.54) is 25.6 Å². The van der Waals surface area contributed by atoms with Crippen LogP contribution in [0, 0.1) is 17.4 Å². The van der Waals surface area contributed by atoms with Gasteiger partial charge in [-0.05, 0) is 59.7 Å². The monoisotopic (exact) mass is 459 g/mol. The van der Waals surface area contributed by atoms with Crippen molar-refractivity contribution in [2.24, 2.45) is 0 Å². The minimum Gasteiger partial charge on any atom is -0.329 e. The van der Waals surface area contributed by atoms with Crippen molar-refractivity contribution in [2.45, 2.75) is 20.4 Å². The zero-order valence-corrected chi connectivity index (χ0v) is 18.1. The molecule has 0 spiro atoms. The van der Waals surface area contributed by atoms with Gasteiger partial charge in [-0.15, -0.1) is 0 Å². The highest BCUT2D eigenvalue weighted by Gasteiger charge is 2.18. The molecular formula is C21H24IN4+. The lowest BCUT2D eigenvalue weighted by molar-refractivity contribution is -0.870. The molecule has 0 atom stereocenters. The van der Waals surface area contributed by atoms with Crippen LogP contribution in [0.25, 0.3) is 33.1 Å². The molecule has 0 aliphatic rings. The number of aryl methyl sites for hydroxylation is 1. The molecule has 5 heteroatoms. The average Bonchev–Trinajstić information content (AvgIpc) is 2.89. The number of fused-ring (bicyclic) bond motifs is 4. The van der Waals surface area contributed by atoms with E-state index in [2.05, 4.69) is 92.5 Å². The predicted molar refractivity (Wildman–Crippen MR) is 118 cm³/mol. The minimum absolute atomic E-state index is 0.922. The van der Waals surface area contributed by atoms with E-state index in [-0.39, 0.29) is 0 Å². The molecule has 0 unspecified atom stereocenters. The largest absolute Gasteiger partial charge is 0.329 e. The van der Waals surface area contributed by atoms with Gasteiger partial charge in [0, 0.05) is 8.96 Å². The summed E-state index contributed by atoms with van der Waals surface area (Å²) >= 11 is 2.41. The van der Waals surface area contributed by atoms with Gasteiger partial charge in [-0.3, -0.25) is 0 Å². The first kappa shape index (κ1) is 17.7. The second kappa shape index (κ2) is 6.16. The van der Waals surface area contributed by atoms with Gasteiger partial charge >= 0.3 is 0 Å². The third kappa shape index (κ3) is 2.87. The molecule has 0 aliphatic carbocycles. The number of rotatable bonds is 3. The van der Waals surface area contributed by atoms with E-state index < -0.39 is 0 Å². The summed E-state index contributed by atoms with van der Waals surface area (Å²) in [5, 5.41) is 1.19. The molecule has 4 aromatic rings. The molecule has 0 saturated carbocycles. The van der Waals surface area contributed by atoms with Gasteiger partial charge in [-0.25, -0.2) is 9.97 Å². The van der Waals surface area contributed by atoms with Gasteiger partial charge < -0.3 is 9.05 Å². The summed E-state index contributed by atoms with van der Waals surface area (Å²) in [5.41, 5.74) is 7.77. The van der Waals surface area contributed by atoms with Crippen molar-refractivity contribution in [3.63, 3.8) is 0 Å². The van der Waals surface area contributed by atoms with Crippen LogP contribution in [-0.2, 0) is 6.54 Å². The Labute approximate surface area is 167 Å². The van der Waals surface area contributed by atoms with Gasteiger partial charge in [0.05, 0.1) is 45.3 Å². The SMILES string of the molecule is Cc1cc2nc3c(nc2c(I)c1C)c1ccccc1n3CC[N+](C)(C)C. The molecule has 2 heterocycles. The number of hydrogen-bond donors (Lipinski definition) is 0. The molecule has 0 bridgehead atoms. The molecule has 4 rings (SSSR count). The Morgan fingerprint density at radius 2 is 1.77 bits per heavy atom. The van der Waals surface area contributed by atoms with Crippen LogP contribution < -0.4 is 0 Å². The van der Waals surface area contributed by atoms with E-state index in [1.54, 1.807) is 0 Å². The molecule has 2 aromatic carbocycles. The van der Waals surface area contributed by atoms with Gasteiger partial charge in [0.25, 0.3) is 0 Å². The van der Waals surface area contributed by atoms with Gasteiger partial charge in [0.15, 0.2) is 5.65 Å². The number of hydrogen-bond acceptors (Lipinski definition) is 2. The summed E-state index contributed by atoms with van der Waals surface area (Å²) in [6, 6.07) is 10.7. The van der Waals surface area contributed by atoms with E-state index in [9.17, 15) is 0 Å². The summed E-state index contributed by atoms with van der Waals surface area (Å²) in [5.74, 6) is 0. The first-order chi connectivity index (χ1) is 12.3. The number of halogens is 1. The van der Waals surface area contributed by atoms with E-state index >= 15 is 0 Å². The molecule has 0 N–H and O–H groups in total. The van der Waals surface area contributed by atoms with Gasteiger partial charge in [-0.2, -0.15) is 0 Å². The molecule has 0 aliphatic heterocycles. The molecule has 0 fully saturated rings. The normalized spacial score (nSPS) is 12.5. The minimum atomic E-state index is 0.922. The van der Waals surface area contributed by atoms with E-state index in [4.69, 9.17) is 9.97 Å². The van der Waals surface area contributed by atoms with Crippen LogP contribution in [0.4, 0.5) is 0 Å². The molecule has 0 amide bonds. The highest BCUT2D eigenvalue weighted by Crippen LogP contribution is 2.31. The number of benzene rings is 2. The molecule has 2 aromatic heterocycles. The topological polar surface area (TPSA) is 30.7 Å². The number of quaternary nitrogens is 1. The summed E-state index contributed by atoms with van der Waals surface area (Å²) in [6.07, 6.45) is 0. The Morgan fingerprint density at radius 3 is 2.50 bits per heavy atom. The molecule has 134 valence electrons. The van der Waals surface area contributed by atoms with Crippen LogP contribution in [0.15, 0.2) is 30.3 Å². The van der Waals surface area contributed by atoms with Crippen molar-refractivity contribution in [2.75, 3.05) is 27.7 Å². The molecular weight excluding hydrogens is 435 g/mol. The fraction of sp³-hybridized carbons (Fsp3) is 0.333. The van der Waals surface area contributed by atoms with Crippen LogP contribution in [0.2, 0.25) is 0 Å². The fourth-order valence-corrected chi connectivity index (χ4v) is 4.21. The summed E-state index contributed by atoms with van der Waals surface area (Å²) in [6.45, 7) is 6.27. The highest BCUT2D eigenvalue weighted by molar-refractivity contribution is 14.1. The lowest BCUT2D eigenvalue weighted by Crippen LogP contribution is -2.37. The maximum atomic E-state index is 5.08. The Morgan fingerprint density at radius 1 is 1.04 bits per heavy atom. The van der Waals surface area contributed by atoms with Gasteiger partial charge in [0.1, 0.15) is 11.0 Å². The zero-order chi connectivity index (χ0) is 18.6. The van der Waals surface area contributed by atoms with Crippen LogP contribution in [0.1, 0.15) is 11.1 Å². The Hall–Kier alpha value is -1.73. The van der Waals surface area contributed by atoms with Crippen LogP contribution >= 0.6 is 22.6 Å². The second-order valence-corrected chi connectivity index (χ2v) is 9.16. The predicted octanol–water partition coefficient (Wildman–Crippen LogP) is 4.67. The first-order valence-corrected chi connectivity index (χ1v) is 9.99. The Kier molecular flexibility index (Phi) is 4.19. The Bertz CT molecular complexity index is 1150. The maximum absolute atomic E-state index is 5.08. The third-order valence-corrected chi connectivity index (χ3v) is 6.41. The number of para-hydroxylation sites is 1. The van der Waals surface area contributed by atoms with Crippen molar-refractivity contribution in [3.8, 4) is 0 Å². The fourth-order valence-electron chi connectivity index (χ4n) is 3.38. The Balaban J connectivity index is 2.07. The number of likely N-dealkylation sites (N-methyl/N-ethyl adjacent to an activating group) is 1.